The molecule has 0 amide bonds. The molecule has 0 N–H and O–H groups in total. The number of fused-ring (bicyclic) bond motifs is 1. The maximum absolute atomic E-state index is 13.0. The average molecular weight is 370 g/mol. The van der Waals surface area contributed by atoms with E-state index < -0.39 is 16.0 Å². The van der Waals surface area contributed by atoms with Crippen LogP contribution in [0.5, 0.6) is 0 Å². The predicted octanol–water partition coefficient (Wildman–Crippen LogP) is 2.00. The van der Waals surface area contributed by atoms with Crippen molar-refractivity contribution >= 4 is 33.3 Å². The zero-order chi connectivity index (χ0) is 17.5. The molecule has 1 aliphatic heterocycles. The third-order valence-corrected chi connectivity index (χ3v) is 6.29. The third-order valence-electron chi connectivity index (χ3n) is 3.98. The van der Waals surface area contributed by atoms with Crippen molar-refractivity contribution in [2.45, 2.75) is 17.9 Å². The number of ether oxygens (including phenoxy) is 1. The van der Waals surface area contributed by atoms with Gasteiger partial charge in [-0.25, -0.2) is 9.78 Å². The Hall–Kier alpha value is -2.06. The number of carbonyl (C=O) groups is 1. The summed E-state index contributed by atoms with van der Waals surface area (Å²) in [6, 6.07) is 4.95. The summed E-state index contributed by atoms with van der Waals surface area (Å²) in [5.41, 5.74) is 1.50. The first-order valence-electron chi connectivity index (χ1n) is 7.27. The first-order chi connectivity index (χ1) is 11.4. The van der Waals surface area contributed by atoms with Crippen LogP contribution in [0.25, 0.3) is 0 Å². The summed E-state index contributed by atoms with van der Waals surface area (Å²) in [5.74, 6) is -0.484. The number of anilines is 1. The molecule has 7 nitrogen and oxygen atoms in total. The van der Waals surface area contributed by atoms with Gasteiger partial charge in [-0.1, -0.05) is 17.7 Å². The van der Waals surface area contributed by atoms with Crippen LogP contribution in [0.4, 0.5) is 5.69 Å². The molecule has 24 heavy (non-hydrogen) atoms. The van der Waals surface area contributed by atoms with Gasteiger partial charge >= 0.3 is 5.97 Å². The van der Waals surface area contributed by atoms with E-state index in [0.29, 0.717) is 36.2 Å². The zero-order valence-corrected chi connectivity index (χ0v) is 14.8. The fraction of sp³-hybridized carbons (Fsp3) is 0.333. The minimum absolute atomic E-state index is 0.0474. The molecule has 0 saturated heterocycles. The van der Waals surface area contributed by atoms with Crippen LogP contribution in [0.3, 0.4) is 0 Å². The number of carbonyl (C=O) groups excluding carboxylic acids is 1. The normalized spacial score (nSPS) is 14.4. The number of aromatic nitrogens is 2. The van der Waals surface area contributed by atoms with Gasteiger partial charge in [0.25, 0.3) is 10.0 Å². The number of hydrogen-bond acceptors (Lipinski definition) is 5. The van der Waals surface area contributed by atoms with Crippen LogP contribution in [0.2, 0.25) is 5.15 Å². The topological polar surface area (TPSA) is 81.5 Å². The summed E-state index contributed by atoms with van der Waals surface area (Å²) < 4.78 is 33.4. The van der Waals surface area contributed by atoms with Crippen LogP contribution in [-0.4, -0.2) is 37.6 Å². The second-order valence-electron chi connectivity index (χ2n) is 5.43. The molecule has 9 heteroatoms. The molecule has 0 unspecified atom stereocenters. The maximum Gasteiger partial charge on any atom is 0.338 e. The number of sulfonamides is 1. The van der Waals surface area contributed by atoms with Crippen molar-refractivity contribution in [1.29, 1.82) is 0 Å². The van der Waals surface area contributed by atoms with E-state index in [2.05, 4.69) is 4.98 Å². The van der Waals surface area contributed by atoms with E-state index in [1.807, 2.05) is 0 Å². The average Bonchev–Trinajstić information content (AvgIpc) is 2.92. The summed E-state index contributed by atoms with van der Waals surface area (Å²) in [4.78, 5) is 15.9. The zero-order valence-electron chi connectivity index (χ0n) is 13.2. The van der Waals surface area contributed by atoms with Crippen molar-refractivity contribution < 1.29 is 17.9 Å². The highest BCUT2D eigenvalue weighted by Crippen LogP contribution is 2.35. The largest absolute Gasteiger partial charge is 0.465 e. The molecular weight excluding hydrogens is 354 g/mol. The lowest BCUT2D eigenvalue weighted by molar-refractivity contribution is 0.0599. The molecule has 1 aromatic carbocycles. The Balaban J connectivity index is 2.14. The lowest BCUT2D eigenvalue weighted by atomic mass is 9.98. The molecule has 128 valence electrons. The van der Waals surface area contributed by atoms with Gasteiger partial charge in [0.2, 0.25) is 5.03 Å². The molecule has 3 rings (SSSR count). The molecule has 0 bridgehead atoms. The molecule has 0 aliphatic carbocycles. The van der Waals surface area contributed by atoms with E-state index >= 15 is 0 Å². The van der Waals surface area contributed by atoms with Gasteiger partial charge in [-0.05, 0) is 30.5 Å². The highest BCUT2D eigenvalue weighted by Gasteiger charge is 2.34. The number of rotatable bonds is 3. The van der Waals surface area contributed by atoms with Crippen molar-refractivity contribution in [3.8, 4) is 0 Å². The SMILES string of the molecule is COC(=O)c1cccc2c1CCCN2S(=O)(=O)c1ncn(C)c1Cl. The smallest absolute Gasteiger partial charge is 0.338 e. The lowest BCUT2D eigenvalue weighted by Crippen LogP contribution is -2.36. The van der Waals surface area contributed by atoms with E-state index in [-0.39, 0.29) is 10.2 Å². The molecule has 0 radical (unpaired) electrons. The van der Waals surface area contributed by atoms with E-state index in [0.717, 1.165) is 0 Å². The van der Waals surface area contributed by atoms with Gasteiger partial charge in [0.05, 0.1) is 24.7 Å². The fourth-order valence-electron chi connectivity index (χ4n) is 2.81. The number of aryl methyl sites for hydroxylation is 1. The van der Waals surface area contributed by atoms with E-state index in [1.165, 1.54) is 22.3 Å². The Kier molecular flexibility index (Phi) is 4.27. The summed E-state index contributed by atoms with van der Waals surface area (Å²) in [7, 11) is -1.000. The second-order valence-corrected chi connectivity index (χ2v) is 7.56. The van der Waals surface area contributed by atoms with Gasteiger partial charge < -0.3 is 9.30 Å². The summed E-state index contributed by atoms with van der Waals surface area (Å²) in [5, 5.41) is -0.144. The highest BCUT2D eigenvalue weighted by atomic mass is 35.5. The lowest BCUT2D eigenvalue weighted by Gasteiger charge is -2.30. The van der Waals surface area contributed by atoms with E-state index in [1.54, 1.807) is 25.2 Å². The summed E-state index contributed by atoms with van der Waals surface area (Å²) in [6.07, 6.45) is 2.54. The molecule has 2 aromatic rings. The number of esters is 1. The number of halogens is 1. The van der Waals surface area contributed by atoms with Crippen molar-refractivity contribution in [3.63, 3.8) is 0 Å². The summed E-state index contributed by atoms with van der Waals surface area (Å²) in [6.45, 7) is 0.298. The third kappa shape index (κ3) is 2.55. The van der Waals surface area contributed by atoms with Gasteiger partial charge in [0, 0.05) is 13.6 Å². The van der Waals surface area contributed by atoms with Crippen molar-refractivity contribution in [2.24, 2.45) is 7.05 Å². The minimum Gasteiger partial charge on any atom is -0.465 e. The second kappa shape index (κ2) is 6.10. The molecular formula is C15H16ClN3O4S. The molecule has 2 heterocycles. The quantitative estimate of drug-likeness (QED) is 0.773. The Bertz CT molecular complexity index is 907. The Morgan fingerprint density at radius 2 is 2.12 bits per heavy atom. The van der Waals surface area contributed by atoms with Gasteiger partial charge in [-0.15, -0.1) is 0 Å². The number of methoxy groups -OCH3 is 1. The molecule has 0 saturated carbocycles. The first kappa shape index (κ1) is 16.8. The van der Waals surface area contributed by atoms with Gasteiger partial charge in [-0.2, -0.15) is 8.42 Å². The number of hydrogen-bond donors (Lipinski definition) is 0. The highest BCUT2D eigenvalue weighted by molar-refractivity contribution is 7.92. The Labute approximate surface area is 144 Å². The molecule has 0 spiro atoms. The maximum atomic E-state index is 13.0. The van der Waals surface area contributed by atoms with Gasteiger partial charge in [0.1, 0.15) is 5.15 Å². The molecule has 1 aromatic heterocycles. The van der Waals surface area contributed by atoms with Crippen molar-refractivity contribution in [2.75, 3.05) is 18.0 Å². The van der Waals surface area contributed by atoms with Crippen molar-refractivity contribution in [1.82, 2.24) is 9.55 Å². The summed E-state index contributed by atoms with van der Waals surface area (Å²) >= 11 is 6.06. The Morgan fingerprint density at radius 1 is 1.38 bits per heavy atom. The molecule has 1 aliphatic rings. The van der Waals surface area contributed by atoms with Crippen LogP contribution >= 0.6 is 11.6 Å². The van der Waals surface area contributed by atoms with Crippen LogP contribution < -0.4 is 4.31 Å². The fourth-order valence-corrected chi connectivity index (χ4v) is 4.74. The number of imidazole rings is 1. The van der Waals surface area contributed by atoms with E-state index in [9.17, 15) is 13.2 Å². The van der Waals surface area contributed by atoms with Gasteiger partial charge in [-0.3, -0.25) is 4.31 Å². The standard InChI is InChI=1S/C15H16ClN3O4S/c1-18-9-17-14(13(18)16)24(21,22)19-8-4-6-10-11(15(20)23-2)5-3-7-12(10)19/h3,5,7,9H,4,6,8H2,1-2H3. The Morgan fingerprint density at radius 3 is 2.75 bits per heavy atom. The first-order valence-corrected chi connectivity index (χ1v) is 9.09. The monoisotopic (exact) mass is 369 g/mol. The van der Waals surface area contributed by atoms with Crippen molar-refractivity contribution in [3.05, 3.63) is 40.8 Å². The van der Waals surface area contributed by atoms with E-state index in [4.69, 9.17) is 16.3 Å². The number of benzene rings is 1. The van der Waals surface area contributed by atoms with Crippen LogP contribution in [0.1, 0.15) is 22.3 Å². The van der Waals surface area contributed by atoms with Crippen LogP contribution in [0, 0.1) is 0 Å². The molecule has 0 atom stereocenters. The molecule has 0 fully saturated rings. The minimum atomic E-state index is -3.92. The number of nitrogens with zero attached hydrogens (tertiary/aromatic N) is 3. The van der Waals surface area contributed by atoms with Gasteiger partial charge in [0.15, 0.2) is 0 Å². The predicted molar refractivity (Wildman–Crippen MR) is 88.9 cm³/mol. The van der Waals surface area contributed by atoms with Crippen LogP contribution in [0.15, 0.2) is 29.6 Å². The van der Waals surface area contributed by atoms with Crippen LogP contribution in [-0.2, 0) is 28.2 Å².